The molecule has 1 atom stereocenters. The van der Waals surface area contributed by atoms with Crippen molar-refractivity contribution in [2.24, 2.45) is 0 Å². The van der Waals surface area contributed by atoms with Gasteiger partial charge in [0.25, 0.3) is 11.6 Å². The molecule has 0 saturated carbocycles. The van der Waals surface area contributed by atoms with E-state index in [4.69, 9.17) is 9.47 Å². The van der Waals surface area contributed by atoms with Crippen molar-refractivity contribution in [3.05, 3.63) is 58.1 Å². The lowest BCUT2D eigenvalue weighted by Gasteiger charge is -2.28. The average Bonchev–Trinajstić information content (AvgIpc) is 2.74. The van der Waals surface area contributed by atoms with E-state index in [2.05, 4.69) is 5.32 Å². The summed E-state index contributed by atoms with van der Waals surface area (Å²) in [6, 6.07) is 11.6. The number of nitrogens with zero attached hydrogens (tertiary/aromatic N) is 2. The van der Waals surface area contributed by atoms with Crippen LogP contribution >= 0.6 is 0 Å². The Morgan fingerprint density at radius 2 is 1.93 bits per heavy atom. The van der Waals surface area contributed by atoms with Gasteiger partial charge in [-0.15, -0.1) is 0 Å². The van der Waals surface area contributed by atoms with Crippen LogP contribution in [0.25, 0.3) is 0 Å². The first kappa shape index (κ1) is 20.6. The molecule has 8 heteroatoms. The number of benzene rings is 2. The smallest absolute Gasteiger partial charge is 0.294 e. The summed E-state index contributed by atoms with van der Waals surface area (Å²) in [6.45, 7) is 6.28. The zero-order valence-electron chi connectivity index (χ0n) is 16.6. The average molecular weight is 399 g/mol. The van der Waals surface area contributed by atoms with Gasteiger partial charge in [0.2, 0.25) is 0 Å². The maximum absolute atomic E-state index is 12.5. The number of rotatable bonds is 7. The second kappa shape index (κ2) is 9.38. The lowest BCUT2D eigenvalue weighted by molar-refractivity contribution is -0.384. The number of nitrogens with one attached hydrogen (secondary N) is 1. The Bertz CT molecular complexity index is 863. The number of ether oxygens (including phenoxy) is 2. The highest BCUT2D eigenvalue weighted by Crippen LogP contribution is 2.32. The Morgan fingerprint density at radius 3 is 2.55 bits per heavy atom. The van der Waals surface area contributed by atoms with Gasteiger partial charge in [0, 0.05) is 30.4 Å². The van der Waals surface area contributed by atoms with Crippen molar-refractivity contribution >= 4 is 23.0 Å². The monoisotopic (exact) mass is 399 g/mol. The van der Waals surface area contributed by atoms with Crippen LogP contribution in [0.2, 0.25) is 0 Å². The molecule has 1 aliphatic rings. The molecule has 1 amide bonds. The number of anilines is 2. The highest BCUT2D eigenvalue weighted by Gasteiger charge is 2.22. The van der Waals surface area contributed by atoms with E-state index >= 15 is 0 Å². The SMILES string of the molecule is CC[C@@H](C)Oc1ccc(C(=O)Nc2ccc(N3CCOCC3)c([N+](=O)[O-])c2)cc1. The highest BCUT2D eigenvalue weighted by atomic mass is 16.6. The molecule has 1 heterocycles. The second-order valence-electron chi connectivity index (χ2n) is 6.88. The Labute approximate surface area is 169 Å². The van der Waals surface area contributed by atoms with Crippen molar-refractivity contribution < 1.29 is 19.2 Å². The van der Waals surface area contributed by atoms with E-state index in [1.807, 2.05) is 18.7 Å². The summed E-state index contributed by atoms with van der Waals surface area (Å²) in [5.41, 5.74) is 1.31. The summed E-state index contributed by atoms with van der Waals surface area (Å²) in [7, 11) is 0. The maximum atomic E-state index is 12.5. The first-order chi connectivity index (χ1) is 14.0. The summed E-state index contributed by atoms with van der Waals surface area (Å²) in [5, 5.41) is 14.3. The first-order valence-electron chi connectivity index (χ1n) is 9.67. The second-order valence-corrected chi connectivity index (χ2v) is 6.88. The van der Waals surface area contributed by atoms with Crippen LogP contribution < -0.4 is 15.0 Å². The van der Waals surface area contributed by atoms with Crippen LogP contribution in [-0.2, 0) is 4.74 Å². The molecular weight excluding hydrogens is 374 g/mol. The van der Waals surface area contributed by atoms with Crippen LogP contribution in [0.4, 0.5) is 17.1 Å². The molecule has 2 aromatic rings. The molecule has 0 bridgehead atoms. The Hall–Kier alpha value is -3.13. The fourth-order valence-electron chi connectivity index (χ4n) is 3.02. The van der Waals surface area contributed by atoms with Crippen LogP contribution in [0, 0.1) is 10.1 Å². The molecule has 2 aromatic carbocycles. The zero-order chi connectivity index (χ0) is 20.8. The molecule has 0 unspecified atom stereocenters. The lowest BCUT2D eigenvalue weighted by atomic mass is 10.1. The molecule has 0 aromatic heterocycles. The fourth-order valence-corrected chi connectivity index (χ4v) is 3.02. The third-order valence-corrected chi connectivity index (χ3v) is 4.81. The number of hydrogen-bond acceptors (Lipinski definition) is 6. The van der Waals surface area contributed by atoms with Crippen molar-refractivity contribution in [3.8, 4) is 5.75 Å². The van der Waals surface area contributed by atoms with Gasteiger partial charge in [-0.3, -0.25) is 14.9 Å². The van der Waals surface area contributed by atoms with Gasteiger partial charge in [-0.2, -0.15) is 0 Å². The van der Waals surface area contributed by atoms with Gasteiger partial charge in [-0.25, -0.2) is 0 Å². The molecule has 154 valence electrons. The van der Waals surface area contributed by atoms with Crippen LogP contribution in [0.3, 0.4) is 0 Å². The molecule has 1 fully saturated rings. The van der Waals surface area contributed by atoms with Gasteiger partial charge in [-0.1, -0.05) is 6.92 Å². The Balaban J connectivity index is 1.73. The third-order valence-electron chi connectivity index (χ3n) is 4.81. The topological polar surface area (TPSA) is 93.9 Å². The highest BCUT2D eigenvalue weighted by molar-refractivity contribution is 6.04. The van der Waals surface area contributed by atoms with E-state index in [1.165, 1.54) is 6.07 Å². The van der Waals surface area contributed by atoms with Crippen LogP contribution in [0.5, 0.6) is 5.75 Å². The molecule has 8 nitrogen and oxygen atoms in total. The number of carbonyl (C=O) groups is 1. The fraction of sp³-hybridized carbons (Fsp3) is 0.381. The lowest BCUT2D eigenvalue weighted by Crippen LogP contribution is -2.36. The molecule has 0 aliphatic carbocycles. The minimum Gasteiger partial charge on any atom is -0.491 e. The minimum absolute atomic E-state index is 0.0398. The number of morpholine rings is 1. The van der Waals surface area contributed by atoms with Crippen molar-refractivity contribution in [2.75, 3.05) is 36.5 Å². The molecule has 29 heavy (non-hydrogen) atoms. The number of nitro benzene ring substituents is 1. The quantitative estimate of drug-likeness (QED) is 0.561. The van der Waals surface area contributed by atoms with Crippen LogP contribution in [0.1, 0.15) is 30.6 Å². The molecular formula is C21H25N3O5. The number of carbonyl (C=O) groups excluding carboxylic acids is 1. The number of hydrogen-bond donors (Lipinski definition) is 1. The molecule has 0 radical (unpaired) electrons. The van der Waals surface area contributed by atoms with E-state index in [0.29, 0.717) is 49.0 Å². The predicted molar refractivity (Wildman–Crippen MR) is 111 cm³/mol. The van der Waals surface area contributed by atoms with Gasteiger partial charge in [0.1, 0.15) is 11.4 Å². The third kappa shape index (κ3) is 5.23. The molecule has 0 spiro atoms. The molecule has 1 N–H and O–H groups in total. The van der Waals surface area contributed by atoms with E-state index in [0.717, 1.165) is 6.42 Å². The Morgan fingerprint density at radius 1 is 1.24 bits per heavy atom. The largest absolute Gasteiger partial charge is 0.491 e. The molecule has 1 aliphatic heterocycles. The first-order valence-corrected chi connectivity index (χ1v) is 9.67. The van der Waals surface area contributed by atoms with E-state index in [-0.39, 0.29) is 17.7 Å². The van der Waals surface area contributed by atoms with Crippen LogP contribution in [-0.4, -0.2) is 43.2 Å². The van der Waals surface area contributed by atoms with Gasteiger partial charge in [0.15, 0.2) is 0 Å². The number of amides is 1. The van der Waals surface area contributed by atoms with E-state index in [1.54, 1.807) is 36.4 Å². The summed E-state index contributed by atoms with van der Waals surface area (Å²) < 4.78 is 11.0. The Kier molecular flexibility index (Phi) is 6.66. The van der Waals surface area contributed by atoms with Crippen LogP contribution in [0.15, 0.2) is 42.5 Å². The number of nitro groups is 1. The summed E-state index contributed by atoms with van der Waals surface area (Å²) in [4.78, 5) is 25.6. The van der Waals surface area contributed by atoms with Crippen molar-refractivity contribution in [1.29, 1.82) is 0 Å². The predicted octanol–water partition coefficient (Wildman–Crippen LogP) is 3.86. The van der Waals surface area contributed by atoms with Crippen molar-refractivity contribution in [3.63, 3.8) is 0 Å². The molecule has 1 saturated heterocycles. The standard InChI is InChI=1S/C21H25N3O5/c1-3-15(2)29-18-7-4-16(5-8-18)21(25)22-17-6-9-19(20(14-17)24(26)27)23-10-12-28-13-11-23/h4-9,14-15H,3,10-13H2,1-2H3,(H,22,25)/t15-/m1/s1. The van der Waals surface area contributed by atoms with E-state index < -0.39 is 4.92 Å². The van der Waals surface area contributed by atoms with Crippen molar-refractivity contribution in [2.45, 2.75) is 26.4 Å². The van der Waals surface area contributed by atoms with Gasteiger partial charge in [0.05, 0.1) is 24.2 Å². The maximum Gasteiger partial charge on any atom is 0.294 e. The van der Waals surface area contributed by atoms with Gasteiger partial charge >= 0.3 is 0 Å². The summed E-state index contributed by atoms with van der Waals surface area (Å²) in [6.07, 6.45) is 0.988. The summed E-state index contributed by atoms with van der Waals surface area (Å²) in [5.74, 6) is 0.356. The normalized spacial score (nSPS) is 14.9. The summed E-state index contributed by atoms with van der Waals surface area (Å²) >= 11 is 0. The minimum atomic E-state index is -0.429. The zero-order valence-corrected chi connectivity index (χ0v) is 16.6. The van der Waals surface area contributed by atoms with Gasteiger partial charge < -0.3 is 19.7 Å². The molecule has 3 rings (SSSR count). The van der Waals surface area contributed by atoms with Crippen molar-refractivity contribution in [1.82, 2.24) is 0 Å². The van der Waals surface area contributed by atoms with E-state index in [9.17, 15) is 14.9 Å². The van der Waals surface area contributed by atoms with Gasteiger partial charge in [-0.05, 0) is 49.7 Å².